The van der Waals surface area contributed by atoms with Gasteiger partial charge in [-0.1, -0.05) is 0 Å². The molecule has 1 heterocycles. The molecule has 1 rings (SSSR count). The minimum atomic E-state index is 0.662. The Bertz CT molecular complexity index is 111. The Morgan fingerprint density at radius 1 is 2.00 bits per heavy atom. The highest BCUT2D eigenvalue weighted by molar-refractivity contribution is 4.70. The van der Waals surface area contributed by atoms with Crippen molar-refractivity contribution in [3.8, 4) is 0 Å². The van der Waals surface area contributed by atoms with Gasteiger partial charge in [0, 0.05) is 6.92 Å². The quantitative estimate of drug-likeness (QED) is 0.462. The van der Waals surface area contributed by atoms with Crippen molar-refractivity contribution in [2.45, 2.75) is 6.92 Å². The Labute approximate surface area is 35.8 Å². The molecule has 2 heteroatoms. The molecule has 0 saturated heterocycles. The topological polar surface area (TPSA) is 26.0 Å². The third-order valence-electron chi connectivity index (χ3n) is 0.504. The molecule has 2 nitrogen and oxygen atoms in total. The molecule has 0 aromatic carbocycles. The van der Waals surface area contributed by atoms with Gasteiger partial charge in [-0.2, -0.15) is 0 Å². The van der Waals surface area contributed by atoms with Crippen LogP contribution in [0.1, 0.15) is 5.89 Å². The van der Waals surface area contributed by atoms with Gasteiger partial charge in [0.05, 0.1) is 0 Å². The largest absolute Gasteiger partial charge is 0.449 e. The molecule has 6 heavy (non-hydrogen) atoms. The lowest BCUT2D eigenvalue weighted by Crippen LogP contribution is -1.60. The van der Waals surface area contributed by atoms with E-state index >= 15 is 0 Å². The predicted molar refractivity (Wildman–Crippen MR) is 20.1 cm³/mol. The first-order valence-corrected chi connectivity index (χ1v) is 1.68. The molecule has 1 aromatic rings. The third-order valence-corrected chi connectivity index (χ3v) is 0.504. The first kappa shape index (κ1) is 3.40. The Hall–Kier alpha value is -0.790. The van der Waals surface area contributed by atoms with Crippen LogP contribution in [0.4, 0.5) is 0 Å². The first-order valence-electron chi connectivity index (χ1n) is 1.68. The van der Waals surface area contributed by atoms with E-state index in [4.69, 9.17) is 0 Å². The van der Waals surface area contributed by atoms with Crippen LogP contribution in [0.2, 0.25) is 0 Å². The fraction of sp³-hybridized carbons (Fsp3) is 0.250. The van der Waals surface area contributed by atoms with Gasteiger partial charge in [-0.15, -0.1) is 0 Å². The number of aryl methyl sites for hydroxylation is 1. The van der Waals surface area contributed by atoms with E-state index in [9.17, 15) is 0 Å². The molecule has 0 amide bonds. The minimum Gasteiger partial charge on any atom is -0.449 e. The van der Waals surface area contributed by atoms with Crippen LogP contribution in [0.3, 0.4) is 0 Å². The van der Waals surface area contributed by atoms with Gasteiger partial charge in [0.2, 0.25) is 0 Å². The molecule has 0 aliphatic heterocycles. The van der Waals surface area contributed by atoms with Gasteiger partial charge in [-0.05, 0) is 0 Å². The zero-order valence-corrected chi connectivity index (χ0v) is 3.43. The van der Waals surface area contributed by atoms with Crippen molar-refractivity contribution in [2.24, 2.45) is 0 Å². The monoisotopic (exact) mass is 82.0 g/mol. The highest BCUT2D eigenvalue weighted by Crippen LogP contribution is 1.85. The van der Waals surface area contributed by atoms with E-state index in [-0.39, 0.29) is 0 Å². The molecule has 0 fully saturated rings. The maximum atomic E-state index is 4.67. The van der Waals surface area contributed by atoms with Gasteiger partial charge in [0.1, 0.15) is 12.5 Å². The number of oxazole rings is 1. The molecule has 0 unspecified atom stereocenters. The molecule has 0 N–H and O–H groups in total. The van der Waals surface area contributed by atoms with Gasteiger partial charge in [0.15, 0.2) is 5.89 Å². The van der Waals surface area contributed by atoms with E-state index in [1.807, 2.05) is 0 Å². The summed E-state index contributed by atoms with van der Waals surface area (Å²) in [5.41, 5.74) is 0. The highest BCUT2D eigenvalue weighted by atomic mass is 16.3. The first-order chi connectivity index (χ1) is 2.89. The van der Waals surface area contributed by atoms with Crippen molar-refractivity contribution in [3.63, 3.8) is 0 Å². The van der Waals surface area contributed by atoms with Gasteiger partial charge in [-0.3, -0.25) is 0 Å². The number of rotatable bonds is 0. The van der Waals surface area contributed by atoms with Crippen LogP contribution in [0.25, 0.3) is 0 Å². The van der Waals surface area contributed by atoms with Crippen LogP contribution in [-0.4, -0.2) is 4.98 Å². The number of nitrogens with zero attached hydrogens (tertiary/aromatic N) is 1. The SMILES string of the molecule is Cc1n[c]co1. The number of hydrogen-bond acceptors (Lipinski definition) is 2. The van der Waals surface area contributed by atoms with Crippen molar-refractivity contribution in [2.75, 3.05) is 0 Å². The van der Waals surface area contributed by atoms with Gasteiger partial charge in [-0.25, -0.2) is 4.98 Å². The Kier molecular flexibility index (Phi) is 0.638. The summed E-state index contributed by atoms with van der Waals surface area (Å²) >= 11 is 0. The summed E-state index contributed by atoms with van der Waals surface area (Å²) in [7, 11) is 0. The second-order valence-electron chi connectivity index (χ2n) is 0.996. The second kappa shape index (κ2) is 1.12. The molecule has 0 aliphatic carbocycles. The summed E-state index contributed by atoms with van der Waals surface area (Å²) in [4.78, 5) is 3.62. The summed E-state index contributed by atoms with van der Waals surface area (Å²) < 4.78 is 4.67. The Morgan fingerprint density at radius 2 is 2.83 bits per heavy atom. The number of hydrogen-bond donors (Lipinski definition) is 0. The van der Waals surface area contributed by atoms with Gasteiger partial charge in [0.25, 0.3) is 0 Å². The molecule has 0 aliphatic rings. The number of aromatic nitrogens is 1. The van der Waals surface area contributed by atoms with Crippen molar-refractivity contribution in [1.82, 2.24) is 4.98 Å². The lowest BCUT2D eigenvalue weighted by Gasteiger charge is -1.66. The average molecular weight is 82.1 g/mol. The van der Waals surface area contributed by atoms with Crippen molar-refractivity contribution < 1.29 is 4.42 Å². The van der Waals surface area contributed by atoms with Crippen LogP contribution in [-0.2, 0) is 0 Å². The van der Waals surface area contributed by atoms with E-state index in [1.54, 1.807) is 6.92 Å². The van der Waals surface area contributed by atoms with Crippen LogP contribution in [0.15, 0.2) is 10.7 Å². The van der Waals surface area contributed by atoms with Crippen LogP contribution < -0.4 is 0 Å². The summed E-state index contributed by atoms with van der Waals surface area (Å²) in [5, 5.41) is 0. The molecule has 1 radical (unpaired) electrons. The highest BCUT2D eigenvalue weighted by Gasteiger charge is 1.78. The predicted octanol–water partition coefficient (Wildman–Crippen LogP) is 0.783. The van der Waals surface area contributed by atoms with E-state index in [0.717, 1.165) is 0 Å². The minimum absolute atomic E-state index is 0.662. The fourth-order valence-electron chi connectivity index (χ4n) is 0.255. The van der Waals surface area contributed by atoms with Crippen molar-refractivity contribution >= 4 is 0 Å². The molecular formula is C4H4NO. The van der Waals surface area contributed by atoms with E-state index in [2.05, 4.69) is 15.6 Å². The third kappa shape index (κ3) is 0.407. The van der Waals surface area contributed by atoms with Crippen molar-refractivity contribution in [3.05, 3.63) is 18.4 Å². The zero-order valence-electron chi connectivity index (χ0n) is 3.43. The molecule has 0 bridgehead atoms. The van der Waals surface area contributed by atoms with E-state index in [1.165, 1.54) is 6.26 Å². The normalized spacial score (nSPS) is 8.83. The molecule has 0 atom stereocenters. The Balaban J connectivity index is 3.05. The lowest BCUT2D eigenvalue weighted by molar-refractivity contribution is 0.521. The van der Waals surface area contributed by atoms with Gasteiger partial charge < -0.3 is 4.42 Å². The van der Waals surface area contributed by atoms with Crippen LogP contribution in [0, 0.1) is 13.1 Å². The van der Waals surface area contributed by atoms with E-state index < -0.39 is 0 Å². The summed E-state index contributed by atoms with van der Waals surface area (Å²) in [6.07, 6.45) is 3.94. The lowest BCUT2D eigenvalue weighted by atomic mass is 10.8. The van der Waals surface area contributed by atoms with Crippen molar-refractivity contribution in [1.29, 1.82) is 0 Å². The Morgan fingerprint density at radius 3 is 3.00 bits per heavy atom. The van der Waals surface area contributed by atoms with E-state index in [0.29, 0.717) is 5.89 Å². The summed E-state index contributed by atoms with van der Waals surface area (Å²) in [5.74, 6) is 0.662. The molecule has 31 valence electrons. The smallest absolute Gasteiger partial charge is 0.191 e. The van der Waals surface area contributed by atoms with Gasteiger partial charge >= 0.3 is 0 Å². The molecule has 0 spiro atoms. The summed E-state index contributed by atoms with van der Waals surface area (Å²) in [6, 6.07) is 0. The second-order valence-corrected chi connectivity index (χ2v) is 0.996. The zero-order chi connectivity index (χ0) is 4.41. The maximum Gasteiger partial charge on any atom is 0.191 e. The molecule has 0 saturated carbocycles. The summed E-state index contributed by atoms with van der Waals surface area (Å²) in [6.45, 7) is 1.77. The van der Waals surface area contributed by atoms with Crippen LogP contribution >= 0.6 is 0 Å². The molecule has 1 aromatic heterocycles. The maximum absolute atomic E-state index is 4.67. The average Bonchev–Trinajstić information content (AvgIpc) is 1.86. The molecular weight excluding hydrogens is 78.0 g/mol. The standard InChI is InChI=1S/C4H4NO/c1-4-5-2-3-6-4/h3H,1H3. The fourth-order valence-corrected chi connectivity index (χ4v) is 0.255. The van der Waals surface area contributed by atoms with Crippen LogP contribution in [0.5, 0.6) is 0 Å².